The molecule has 2 aromatic rings. The van der Waals surface area contributed by atoms with Gasteiger partial charge in [-0.15, -0.1) is 11.3 Å². The Morgan fingerprint density at radius 2 is 1.85 bits per heavy atom. The number of hydrogen-bond acceptors (Lipinski definition) is 6. The SMILES string of the molecule is O=S1(=O)C[C@H](NCCCc2ccccc2)[C@@H](S(=O)(=O)c2ccc(Cl)s2)C1. The van der Waals surface area contributed by atoms with Gasteiger partial charge in [0.25, 0.3) is 0 Å². The zero-order valence-corrected chi connectivity index (χ0v) is 17.2. The van der Waals surface area contributed by atoms with Gasteiger partial charge < -0.3 is 5.32 Å². The van der Waals surface area contributed by atoms with E-state index in [9.17, 15) is 16.8 Å². The van der Waals surface area contributed by atoms with Gasteiger partial charge in [-0.25, -0.2) is 16.8 Å². The molecule has 2 atom stereocenters. The van der Waals surface area contributed by atoms with Crippen LogP contribution in [0.25, 0.3) is 0 Å². The number of benzene rings is 1. The Hall–Kier alpha value is -0.930. The highest BCUT2D eigenvalue weighted by atomic mass is 35.5. The fraction of sp³-hybridized carbons (Fsp3) is 0.412. The van der Waals surface area contributed by atoms with E-state index >= 15 is 0 Å². The van der Waals surface area contributed by atoms with E-state index in [1.807, 2.05) is 30.3 Å². The number of aryl methyl sites for hydroxylation is 1. The third kappa shape index (κ3) is 4.67. The Morgan fingerprint density at radius 3 is 2.50 bits per heavy atom. The number of halogens is 1. The second kappa shape index (κ2) is 7.98. The minimum Gasteiger partial charge on any atom is -0.312 e. The van der Waals surface area contributed by atoms with E-state index in [0.717, 1.165) is 24.2 Å². The van der Waals surface area contributed by atoms with Gasteiger partial charge in [0, 0.05) is 6.04 Å². The Kier molecular flexibility index (Phi) is 6.08. The Bertz CT molecular complexity index is 955. The first-order chi connectivity index (χ1) is 12.3. The molecule has 5 nitrogen and oxygen atoms in total. The third-order valence-corrected chi connectivity index (χ3v) is 10.3. The van der Waals surface area contributed by atoms with Crippen molar-refractivity contribution in [1.29, 1.82) is 0 Å². The molecule has 9 heteroatoms. The van der Waals surface area contributed by atoms with Crippen LogP contribution in [0, 0.1) is 0 Å². The molecule has 142 valence electrons. The average Bonchev–Trinajstić information content (AvgIpc) is 3.16. The Labute approximate surface area is 163 Å². The van der Waals surface area contributed by atoms with Crippen molar-refractivity contribution in [3.63, 3.8) is 0 Å². The van der Waals surface area contributed by atoms with E-state index in [-0.39, 0.29) is 15.7 Å². The molecule has 1 fully saturated rings. The summed E-state index contributed by atoms with van der Waals surface area (Å²) in [5.41, 5.74) is 1.20. The molecule has 0 amide bonds. The first-order valence-electron chi connectivity index (χ1n) is 8.25. The lowest BCUT2D eigenvalue weighted by molar-refractivity contribution is 0.521. The van der Waals surface area contributed by atoms with Gasteiger partial charge in [-0.05, 0) is 37.1 Å². The fourth-order valence-electron chi connectivity index (χ4n) is 3.14. The zero-order valence-electron chi connectivity index (χ0n) is 14.0. The number of sulfone groups is 2. The topological polar surface area (TPSA) is 80.3 Å². The summed E-state index contributed by atoms with van der Waals surface area (Å²) in [6.45, 7) is 0.562. The largest absolute Gasteiger partial charge is 0.312 e. The quantitative estimate of drug-likeness (QED) is 0.679. The van der Waals surface area contributed by atoms with Crippen LogP contribution in [-0.4, -0.2) is 46.2 Å². The van der Waals surface area contributed by atoms with E-state index in [1.54, 1.807) is 0 Å². The van der Waals surface area contributed by atoms with Crippen LogP contribution in [0.15, 0.2) is 46.7 Å². The molecule has 1 aromatic carbocycles. The summed E-state index contributed by atoms with van der Waals surface area (Å²) in [5, 5.41) is 2.18. The van der Waals surface area contributed by atoms with E-state index in [1.165, 1.54) is 17.7 Å². The summed E-state index contributed by atoms with van der Waals surface area (Å²) in [6.07, 6.45) is 1.66. The van der Waals surface area contributed by atoms with Crippen molar-refractivity contribution in [2.75, 3.05) is 18.1 Å². The maximum atomic E-state index is 12.8. The molecule has 1 aliphatic heterocycles. The highest BCUT2D eigenvalue weighted by Crippen LogP contribution is 2.32. The highest BCUT2D eigenvalue weighted by Gasteiger charge is 2.46. The summed E-state index contributed by atoms with van der Waals surface area (Å²) in [7, 11) is -7.12. The van der Waals surface area contributed by atoms with Crippen LogP contribution in [0.5, 0.6) is 0 Å². The molecule has 1 aliphatic rings. The van der Waals surface area contributed by atoms with Gasteiger partial charge in [-0.2, -0.15) is 0 Å². The predicted octanol–water partition coefficient (Wildman–Crippen LogP) is 2.56. The molecule has 3 rings (SSSR count). The molecular weight excluding hydrogens is 414 g/mol. The summed E-state index contributed by atoms with van der Waals surface area (Å²) in [6, 6.07) is 12.3. The van der Waals surface area contributed by atoms with E-state index in [0.29, 0.717) is 10.9 Å². The van der Waals surface area contributed by atoms with Crippen LogP contribution in [-0.2, 0) is 26.1 Å². The lowest BCUT2D eigenvalue weighted by Gasteiger charge is -2.19. The smallest absolute Gasteiger partial charge is 0.193 e. The fourth-order valence-corrected chi connectivity index (χ4v) is 9.56. The molecule has 2 heterocycles. The number of thiophene rings is 1. The van der Waals surface area contributed by atoms with Crippen LogP contribution in [0.1, 0.15) is 12.0 Å². The monoisotopic (exact) mass is 433 g/mol. The molecule has 1 aromatic heterocycles. The predicted molar refractivity (Wildman–Crippen MR) is 106 cm³/mol. The Morgan fingerprint density at radius 1 is 1.12 bits per heavy atom. The van der Waals surface area contributed by atoms with Crippen molar-refractivity contribution in [3.05, 3.63) is 52.4 Å². The molecule has 0 spiro atoms. The minimum atomic E-state index is -3.73. The van der Waals surface area contributed by atoms with Crippen LogP contribution in [0.4, 0.5) is 0 Å². The second-order valence-electron chi connectivity index (χ2n) is 6.37. The van der Waals surface area contributed by atoms with Gasteiger partial charge in [0.1, 0.15) is 4.21 Å². The second-order valence-corrected chi connectivity index (χ2v) is 12.6. The first-order valence-corrected chi connectivity index (χ1v) is 12.8. The molecule has 0 unspecified atom stereocenters. The molecule has 1 saturated heterocycles. The van der Waals surface area contributed by atoms with Crippen molar-refractivity contribution in [2.45, 2.75) is 28.3 Å². The third-order valence-electron chi connectivity index (χ3n) is 4.42. The maximum absolute atomic E-state index is 12.8. The summed E-state index contributed by atoms with van der Waals surface area (Å²) in [4.78, 5) is 0. The normalized spacial score (nSPS) is 22.5. The van der Waals surface area contributed by atoms with Gasteiger partial charge in [-0.3, -0.25) is 0 Å². The van der Waals surface area contributed by atoms with Crippen molar-refractivity contribution in [1.82, 2.24) is 5.32 Å². The molecular formula is C17H20ClNO4S3. The van der Waals surface area contributed by atoms with Crippen LogP contribution in [0.2, 0.25) is 4.34 Å². The number of rotatable bonds is 7. The first kappa shape index (κ1) is 19.8. The molecule has 0 saturated carbocycles. The molecule has 26 heavy (non-hydrogen) atoms. The summed E-state index contributed by atoms with van der Waals surface area (Å²) in [5.74, 6) is -0.497. The lowest BCUT2D eigenvalue weighted by Crippen LogP contribution is -2.43. The zero-order chi connectivity index (χ0) is 18.8. The van der Waals surface area contributed by atoms with Crippen molar-refractivity contribution < 1.29 is 16.8 Å². The maximum Gasteiger partial charge on any atom is 0.193 e. The van der Waals surface area contributed by atoms with Gasteiger partial charge in [0.05, 0.1) is 21.1 Å². The van der Waals surface area contributed by atoms with Crippen LogP contribution >= 0.6 is 22.9 Å². The highest BCUT2D eigenvalue weighted by molar-refractivity contribution is 7.97. The van der Waals surface area contributed by atoms with Gasteiger partial charge >= 0.3 is 0 Å². The standard InChI is InChI=1S/C17H20ClNO4S3/c18-16-8-9-17(24-16)26(22,23)15-12-25(20,21)11-14(15)19-10-4-7-13-5-2-1-3-6-13/h1-3,5-6,8-9,14-15,19H,4,7,10-12H2/t14-,15-/m0/s1. The molecule has 0 bridgehead atoms. The number of nitrogens with one attached hydrogen (secondary N) is 1. The van der Waals surface area contributed by atoms with Crippen LogP contribution in [0.3, 0.4) is 0 Å². The molecule has 0 aliphatic carbocycles. The van der Waals surface area contributed by atoms with E-state index in [2.05, 4.69) is 5.32 Å². The Balaban J connectivity index is 1.66. The minimum absolute atomic E-state index is 0.126. The average molecular weight is 434 g/mol. The van der Waals surface area contributed by atoms with Crippen molar-refractivity contribution in [2.24, 2.45) is 0 Å². The van der Waals surface area contributed by atoms with Gasteiger partial charge in [-0.1, -0.05) is 41.9 Å². The van der Waals surface area contributed by atoms with Gasteiger partial charge in [0.15, 0.2) is 19.7 Å². The molecule has 1 N–H and O–H groups in total. The molecule has 0 radical (unpaired) electrons. The van der Waals surface area contributed by atoms with Crippen molar-refractivity contribution >= 4 is 42.6 Å². The summed E-state index contributed by atoms with van der Waals surface area (Å²) >= 11 is 6.81. The lowest BCUT2D eigenvalue weighted by atomic mass is 10.1. The van der Waals surface area contributed by atoms with Crippen LogP contribution < -0.4 is 5.32 Å². The number of hydrogen-bond donors (Lipinski definition) is 1. The van der Waals surface area contributed by atoms with E-state index in [4.69, 9.17) is 11.6 Å². The summed E-state index contributed by atoms with van der Waals surface area (Å²) < 4.78 is 50.3. The van der Waals surface area contributed by atoms with Gasteiger partial charge in [0.2, 0.25) is 0 Å². The van der Waals surface area contributed by atoms with Crippen molar-refractivity contribution in [3.8, 4) is 0 Å². The van der Waals surface area contributed by atoms with E-state index < -0.39 is 31.0 Å².